The molecule has 2 aromatic rings. The fourth-order valence-electron chi connectivity index (χ4n) is 1.80. The molecular weight excluding hydrogens is 196 g/mol. The Morgan fingerprint density at radius 2 is 1.62 bits per heavy atom. The molecule has 2 heteroatoms. The summed E-state index contributed by atoms with van der Waals surface area (Å²) in [6, 6.07) is 16.7. The van der Waals surface area contributed by atoms with Crippen LogP contribution < -0.4 is 10.6 Å². The van der Waals surface area contributed by atoms with E-state index < -0.39 is 0 Å². The Morgan fingerprint density at radius 3 is 2.38 bits per heavy atom. The van der Waals surface area contributed by atoms with Gasteiger partial charge in [0.15, 0.2) is 0 Å². The van der Waals surface area contributed by atoms with Gasteiger partial charge in [0.2, 0.25) is 0 Å². The lowest BCUT2D eigenvalue weighted by molar-refractivity contribution is 1.48. The molecule has 0 aliphatic rings. The van der Waals surface area contributed by atoms with Crippen molar-refractivity contribution in [1.29, 1.82) is 0 Å². The van der Waals surface area contributed by atoms with Crippen LogP contribution in [0.25, 0.3) is 11.1 Å². The minimum atomic E-state index is 1.13. The van der Waals surface area contributed by atoms with Crippen molar-refractivity contribution in [1.82, 2.24) is 0 Å². The van der Waals surface area contributed by atoms with Crippen molar-refractivity contribution in [2.75, 3.05) is 24.7 Å². The number of hydrogen-bond donors (Lipinski definition) is 2. The highest BCUT2D eigenvalue weighted by Crippen LogP contribution is 2.28. The second kappa shape index (κ2) is 4.71. The molecule has 2 nitrogen and oxygen atoms in total. The van der Waals surface area contributed by atoms with E-state index in [4.69, 9.17) is 0 Å². The molecule has 0 fully saturated rings. The van der Waals surface area contributed by atoms with Gasteiger partial charge in [0.1, 0.15) is 0 Å². The third-order valence-electron chi connectivity index (χ3n) is 2.66. The molecule has 0 saturated heterocycles. The predicted octanol–water partition coefficient (Wildman–Crippen LogP) is 3.44. The average molecular weight is 212 g/mol. The van der Waals surface area contributed by atoms with E-state index in [1.54, 1.807) is 0 Å². The minimum Gasteiger partial charge on any atom is -0.388 e. The molecule has 0 aromatic heterocycles. The summed E-state index contributed by atoms with van der Waals surface area (Å²) in [6.45, 7) is 0. The molecule has 2 rings (SSSR count). The number of rotatable bonds is 3. The van der Waals surface area contributed by atoms with E-state index in [0.29, 0.717) is 0 Å². The molecule has 0 saturated carbocycles. The van der Waals surface area contributed by atoms with Crippen LogP contribution >= 0.6 is 0 Å². The maximum atomic E-state index is 3.21. The molecule has 82 valence electrons. The maximum Gasteiger partial charge on any atom is 0.0417 e. The Balaban J connectivity index is 2.49. The molecule has 0 radical (unpaired) electrons. The van der Waals surface area contributed by atoms with Crippen LogP contribution in [0, 0.1) is 0 Å². The first-order valence-corrected chi connectivity index (χ1v) is 5.40. The lowest BCUT2D eigenvalue weighted by atomic mass is 10.0. The van der Waals surface area contributed by atoms with Crippen molar-refractivity contribution in [3.63, 3.8) is 0 Å². The number of benzene rings is 2. The Kier molecular flexibility index (Phi) is 3.10. The molecule has 0 amide bonds. The third-order valence-corrected chi connectivity index (χ3v) is 2.66. The molecule has 0 heterocycles. The largest absolute Gasteiger partial charge is 0.388 e. The zero-order valence-electron chi connectivity index (χ0n) is 9.62. The van der Waals surface area contributed by atoms with E-state index in [0.717, 1.165) is 11.4 Å². The quantitative estimate of drug-likeness (QED) is 0.814. The molecule has 0 unspecified atom stereocenters. The van der Waals surface area contributed by atoms with Crippen molar-refractivity contribution in [2.24, 2.45) is 0 Å². The van der Waals surface area contributed by atoms with Gasteiger partial charge in [0.25, 0.3) is 0 Å². The molecule has 0 aliphatic carbocycles. The highest BCUT2D eigenvalue weighted by molar-refractivity contribution is 5.79. The van der Waals surface area contributed by atoms with Crippen LogP contribution in [0.1, 0.15) is 0 Å². The minimum absolute atomic E-state index is 1.13. The zero-order chi connectivity index (χ0) is 11.4. The fourth-order valence-corrected chi connectivity index (χ4v) is 1.80. The van der Waals surface area contributed by atoms with Gasteiger partial charge >= 0.3 is 0 Å². The highest BCUT2D eigenvalue weighted by Gasteiger charge is 2.02. The maximum absolute atomic E-state index is 3.21. The molecule has 2 N–H and O–H groups in total. The monoisotopic (exact) mass is 212 g/mol. The number of nitrogens with one attached hydrogen (secondary N) is 2. The van der Waals surface area contributed by atoms with Crippen LogP contribution in [0.15, 0.2) is 48.5 Å². The van der Waals surface area contributed by atoms with Gasteiger partial charge in [-0.15, -0.1) is 0 Å². The fraction of sp³-hybridized carbons (Fsp3) is 0.143. The van der Waals surface area contributed by atoms with Gasteiger partial charge < -0.3 is 10.6 Å². The Morgan fingerprint density at radius 1 is 0.812 bits per heavy atom. The average Bonchev–Trinajstić information content (AvgIpc) is 2.38. The molecule has 0 atom stereocenters. The van der Waals surface area contributed by atoms with E-state index in [2.05, 4.69) is 53.1 Å². The predicted molar refractivity (Wildman–Crippen MR) is 71.0 cm³/mol. The van der Waals surface area contributed by atoms with E-state index in [-0.39, 0.29) is 0 Å². The van der Waals surface area contributed by atoms with E-state index >= 15 is 0 Å². The van der Waals surface area contributed by atoms with Crippen molar-refractivity contribution in [2.45, 2.75) is 0 Å². The highest BCUT2D eigenvalue weighted by atomic mass is 14.8. The van der Waals surface area contributed by atoms with Gasteiger partial charge in [-0.25, -0.2) is 0 Å². The van der Waals surface area contributed by atoms with Gasteiger partial charge in [-0.05, 0) is 23.8 Å². The van der Waals surface area contributed by atoms with Crippen molar-refractivity contribution < 1.29 is 0 Å². The van der Waals surface area contributed by atoms with Crippen LogP contribution in [0.2, 0.25) is 0 Å². The Labute approximate surface area is 96.3 Å². The first-order valence-electron chi connectivity index (χ1n) is 5.40. The van der Waals surface area contributed by atoms with E-state index in [9.17, 15) is 0 Å². The summed E-state index contributed by atoms with van der Waals surface area (Å²) in [5, 5.41) is 6.37. The van der Waals surface area contributed by atoms with Gasteiger partial charge in [0.05, 0.1) is 0 Å². The summed E-state index contributed by atoms with van der Waals surface area (Å²) < 4.78 is 0. The lowest BCUT2D eigenvalue weighted by Crippen LogP contribution is -1.92. The van der Waals surface area contributed by atoms with Gasteiger partial charge in [0, 0.05) is 31.0 Å². The van der Waals surface area contributed by atoms with Crippen LogP contribution in [0.3, 0.4) is 0 Å². The van der Waals surface area contributed by atoms with Gasteiger partial charge in [-0.3, -0.25) is 0 Å². The summed E-state index contributed by atoms with van der Waals surface area (Å²) in [5.74, 6) is 0. The molecule has 0 spiro atoms. The Hall–Kier alpha value is -1.96. The standard InChI is InChI=1S/C14H16N2/c1-15-12-7-5-6-11(10-12)13-8-3-4-9-14(13)16-2/h3-10,15-16H,1-2H3. The third kappa shape index (κ3) is 2.01. The summed E-state index contributed by atoms with van der Waals surface area (Å²) in [6.07, 6.45) is 0. The van der Waals surface area contributed by atoms with E-state index in [1.807, 2.05) is 20.2 Å². The zero-order valence-corrected chi connectivity index (χ0v) is 9.62. The summed E-state index contributed by atoms with van der Waals surface area (Å²) >= 11 is 0. The topological polar surface area (TPSA) is 24.1 Å². The second-order valence-electron chi connectivity index (χ2n) is 3.63. The van der Waals surface area contributed by atoms with Crippen LogP contribution in [-0.2, 0) is 0 Å². The first-order chi connectivity index (χ1) is 7.85. The van der Waals surface area contributed by atoms with Crippen LogP contribution in [-0.4, -0.2) is 14.1 Å². The second-order valence-corrected chi connectivity index (χ2v) is 3.63. The van der Waals surface area contributed by atoms with E-state index in [1.165, 1.54) is 11.1 Å². The number of para-hydroxylation sites is 1. The molecule has 0 aliphatic heterocycles. The first kappa shape index (κ1) is 10.6. The van der Waals surface area contributed by atoms with Gasteiger partial charge in [-0.1, -0.05) is 30.3 Å². The van der Waals surface area contributed by atoms with Crippen LogP contribution in [0.5, 0.6) is 0 Å². The smallest absolute Gasteiger partial charge is 0.0417 e. The van der Waals surface area contributed by atoms with Crippen molar-refractivity contribution in [3.8, 4) is 11.1 Å². The normalized spacial score (nSPS) is 9.88. The molecule has 0 bridgehead atoms. The molecule has 2 aromatic carbocycles. The van der Waals surface area contributed by atoms with Crippen molar-refractivity contribution in [3.05, 3.63) is 48.5 Å². The summed E-state index contributed by atoms with van der Waals surface area (Å²) in [5.41, 5.74) is 4.72. The van der Waals surface area contributed by atoms with Gasteiger partial charge in [-0.2, -0.15) is 0 Å². The van der Waals surface area contributed by atoms with Crippen LogP contribution in [0.4, 0.5) is 11.4 Å². The number of anilines is 2. The summed E-state index contributed by atoms with van der Waals surface area (Å²) in [7, 11) is 3.88. The molecular formula is C14H16N2. The number of hydrogen-bond acceptors (Lipinski definition) is 2. The SMILES string of the molecule is CNc1cccc(-c2ccccc2NC)c1. The lowest BCUT2D eigenvalue weighted by Gasteiger charge is -2.10. The van der Waals surface area contributed by atoms with Crippen molar-refractivity contribution >= 4 is 11.4 Å². The summed E-state index contributed by atoms with van der Waals surface area (Å²) in [4.78, 5) is 0. The molecule has 16 heavy (non-hydrogen) atoms. The Bertz CT molecular complexity index is 478.